The SMILES string of the molecule is Clc1cc(Cl)cc(C2CC2Br)c1. The third kappa shape index (κ3) is 1.78. The van der Waals surface area contributed by atoms with Crippen molar-refractivity contribution in [1.82, 2.24) is 0 Å². The Labute approximate surface area is 90.0 Å². The molecule has 0 spiro atoms. The molecule has 0 aromatic heterocycles. The second-order valence-electron chi connectivity index (χ2n) is 3.06. The van der Waals surface area contributed by atoms with E-state index >= 15 is 0 Å². The maximum atomic E-state index is 5.87. The van der Waals surface area contributed by atoms with Crippen LogP contribution in [0.3, 0.4) is 0 Å². The molecular formula is C9H7BrCl2. The van der Waals surface area contributed by atoms with Gasteiger partial charge in [0, 0.05) is 14.9 Å². The first-order valence-electron chi connectivity index (χ1n) is 3.77. The van der Waals surface area contributed by atoms with Crippen LogP contribution in [-0.4, -0.2) is 4.83 Å². The topological polar surface area (TPSA) is 0 Å². The first-order chi connectivity index (χ1) is 5.66. The molecule has 3 heteroatoms. The Morgan fingerprint density at radius 1 is 1.17 bits per heavy atom. The van der Waals surface area contributed by atoms with Crippen LogP contribution in [0.2, 0.25) is 10.0 Å². The zero-order chi connectivity index (χ0) is 8.72. The van der Waals surface area contributed by atoms with Gasteiger partial charge < -0.3 is 0 Å². The monoisotopic (exact) mass is 264 g/mol. The van der Waals surface area contributed by atoms with E-state index in [2.05, 4.69) is 15.9 Å². The minimum Gasteiger partial charge on any atom is -0.0884 e. The molecule has 2 unspecified atom stereocenters. The maximum Gasteiger partial charge on any atom is 0.0423 e. The fourth-order valence-electron chi connectivity index (χ4n) is 1.30. The highest BCUT2D eigenvalue weighted by atomic mass is 79.9. The molecule has 0 bridgehead atoms. The van der Waals surface area contributed by atoms with Gasteiger partial charge in [0.2, 0.25) is 0 Å². The van der Waals surface area contributed by atoms with Gasteiger partial charge in [-0.25, -0.2) is 0 Å². The molecule has 0 heterocycles. The van der Waals surface area contributed by atoms with Crippen LogP contribution in [0, 0.1) is 0 Å². The van der Waals surface area contributed by atoms with Gasteiger partial charge in [-0.2, -0.15) is 0 Å². The fourth-order valence-corrected chi connectivity index (χ4v) is 2.55. The van der Waals surface area contributed by atoms with E-state index in [1.807, 2.05) is 12.1 Å². The van der Waals surface area contributed by atoms with Crippen molar-refractivity contribution in [3.05, 3.63) is 33.8 Å². The molecule has 1 aliphatic rings. The van der Waals surface area contributed by atoms with Crippen molar-refractivity contribution >= 4 is 39.1 Å². The standard InChI is InChI=1S/C9H7BrCl2/c10-9-4-8(9)5-1-6(11)3-7(12)2-5/h1-3,8-9H,4H2. The Hall–Kier alpha value is 0.280. The van der Waals surface area contributed by atoms with E-state index in [-0.39, 0.29) is 0 Å². The average molecular weight is 266 g/mol. The van der Waals surface area contributed by atoms with E-state index in [9.17, 15) is 0 Å². The highest BCUT2D eigenvalue weighted by Gasteiger charge is 2.36. The lowest BCUT2D eigenvalue weighted by molar-refractivity contribution is 1.14. The number of alkyl halides is 1. The van der Waals surface area contributed by atoms with E-state index in [1.54, 1.807) is 6.07 Å². The summed E-state index contributed by atoms with van der Waals surface area (Å²) in [6, 6.07) is 5.73. The van der Waals surface area contributed by atoms with Crippen LogP contribution in [0.15, 0.2) is 18.2 Å². The summed E-state index contributed by atoms with van der Waals surface area (Å²) in [4.78, 5) is 0.618. The number of halogens is 3. The lowest BCUT2D eigenvalue weighted by Gasteiger charge is -1.99. The van der Waals surface area contributed by atoms with Crippen LogP contribution in [0.25, 0.3) is 0 Å². The summed E-state index contributed by atoms with van der Waals surface area (Å²) in [5.74, 6) is 0.612. The van der Waals surface area contributed by atoms with Gasteiger partial charge in [-0.05, 0) is 36.1 Å². The molecule has 2 atom stereocenters. The van der Waals surface area contributed by atoms with Gasteiger partial charge in [0.05, 0.1) is 0 Å². The lowest BCUT2D eigenvalue weighted by Crippen LogP contribution is -1.81. The number of hydrogen-bond acceptors (Lipinski definition) is 0. The van der Waals surface area contributed by atoms with E-state index in [1.165, 1.54) is 12.0 Å². The minimum absolute atomic E-state index is 0.612. The molecule has 0 N–H and O–H groups in total. The van der Waals surface area contributed by atoms with Gasteiger partial charge in [-0.15, -0.1) is 0 Å². The second kappa shape index (κ2) is 3.21. The molecule has 1 fully saturated rings. The van der Waals surface area contributed by atoms with E-state index in [0.717, 1.165) is 10.0 Å². The maximum absolute atomic E-state index is 5.87. The molecule has 2 rings (SSSR count). The zero-order valence-electron chi connectivity index (χ0n) is 6.23. The van der Waals surface area contributed by atoms with Gasteiger partial charge in [0.25, 0.3) is 0 Å². The predicted molar refractivity (Wildman–Crippen MR) is 56.5 cm³/mol. The molecule has 0 nitrogen and oxygen atoms in total. The van der Waals surface area contributed by atoms with Crippen LogP contribution in [0.5, 0.6) is 0 Å². The van der Waals surface area contributed by atoms with Crippen LogP contribution in [-0.2, 0) is 0 Å². The minimum atomic E-state index is 0.612. The normalized spacial score (nSPS) is 27.2. The highest BCUT2D eigenvalue weighted by Crippen LogP contribution is 2.47. The zero-order valence-corrected chi connectivity index (χ0v) is 9.33. The molecule has 12 heavy (non-hydrogen) atoms. The first kappa shape index (κ1) is 8.86. The van der Waals surface area contributed by atoms with E-state index in [4.69, 9.17) is 23.2 Å². The summed E-state index contributed by atoms with van der Waals surface area (Å²) in [6.45, 7) is 0. The number of hydrogen-bond donors (Lipinski definition) is 0. The van der Waals surface area contributed by atoms with Gasteiger partial charge in [0.1, 0.15) is 0 Å². The van der Waals surface area contributed by atoms with Crippen molar-refractivity contribution in [3.8, 4) is 0 Å². The first-order valence-corrected chi connectivity index (χ1v) is 5.44. The smallest absolute Gasteiger partial charge is 0.0423 e. The van der Waals surface area contributed by atoms with Crippen molar-refractivity contribution < 1.29 is 0 Å². The van der Waals surface area contributed by atoms with Crippen molar-refractivity contribution in [2.24, 2.45) is 0 Å². The Kier molecular flexibility index (Phi) is 2.37. The third-order valence-corrected chi connectivity index (χ3v) is 3.47. The van der Waals surface area contributed by atoms with Crippen LogP contribution in [0.4, 0.5) is 0 Å². The molecule has 1 aromatic rings. The molecule has 1 aromatic carbocycles. The molecule has 0 aliphatic heterocycles. The van der Waals surface area contributed by atoms with Crippen LogP contribution in [0.1, 0.15) is 17.9 Å². The summed E-state index contributed by atoms with van der Waals surface area (Å²) >= 11 is 15.3. The van der Waals surface area contributed by atoms with Gasteiger partial charge in [-0.3, -0.25) is 0 Å². The van der Waals surface area contributed by atoms with Gasteiger partial charge in [0.15, 0.2) is 0 Å². The summed E-state index contributed by atoms with van der Waals surface area (Å²) in [6.07, 6.45) is 1.19. The molecule has 0 radical (unpaired) electrons. The number of benzene rings is 1. The molecular weight excluding hydrogens is 259 g/mol. The Morgan fingerprint density at radius 3 is 2.08 bits per heavy atom. The summed E-state index contributed by atoms with van der Waals surface area (Å²) in [7, 11) is 0. The largest absolute Gasteiger partial charge is 0.0884 e. The Balaban J connectivity index is 2.32. The Morgan fingerprint density at radius 2 is 1.67 bits per heavy atom. The van der Waals surface area contributed by atoms with Crippen molar-refractivity contribution in [3.63, 3.8) is 0 Å². The van der Waals surface area contributed by atoms with E-state index in [0.29, 0.717) is 10.7 Å². The summed E-state index contributed by atoms with van der Waals surface area (Å²) < 4.78 is 0. The van der Waals surface area contributed by atoms with Crippen molar-refractivity contribution in [2.45, 2.75) is 17.2 Å². The average Bonchev–Trinajstić information content (AvgIpc) is 2.64. The summed E-state index contributed by atoms with van der Waals surface area (Å²) in [5.41, 5.74) is 1.24. The number of rotatable bonds is 1. The quantitative estimate of drug-likeness (QED) is 0.667. The molecule has 0 saturated heterocycles. The second-order valence-corrected chi connectivity index (χ2v) is 5.11. The molecule has 0 amide bonds. The van der Waals surface area contributed by atoms with Gasteiger partial charge in [-0.1, -0.05) is 39.1 Å². The van der Waals surface area contributed by atoms with E-state index < -0.39 is 0 Å². The van der Waals surface area contributed by atoms with Crippen LogP contribution >= 0.6 is 39.1 Å². The molecule has 64 valence electrons. The lowest BCUT2D eigenvalue weighted by atomic mass is 10.1. The van der Waals surface area contributed by atoms with Crippen molar-refractivity contribution in [2.75, 3.05) is 0 Å². The fraction of sp³-hybridized carbons (Fsp3) is 0.333. The summed E-state index contributed by atoms with van der Waals surface area (Å²) in [5, 5.41) is 1.45. The Bertz CT molecular complexity index is 291. The molecule has 1 aliphatic carbocycles. The van der Waals surface area contributed by atoms with Crippen LogP contribution < -0.4 is 0 Å². The molecule has 1 saturated carbocycles. The third-order valence-electron chi connectivity index (χ3n) is 2.03. The predicted octanol–water partition coefficient (Wildman–Crippen LogP) is 4.24. The van der Waals surface area contributed by atoms with Gasteiger partial charge >= 0.3 is 0 Å². The van der Waals surface area contributed by atoms with Crippen molar-refractivity contribution in [1.29, 1.82) is 0 Å². The highest BCUT2D eigenvalue weighted by molar-refractivity contribution is 9.09.